The Hall–Kier alpha value is -7.81. The lowest BCUT2D eigenvalue weighted by Gasteiger charge is -2.35. The fraction of sp³-hybridized carbons (Fsp3) is 0.293. The number of ether oxygens (including phenoxy) is 3. The molecule has 0 spiro atoms. The number of aromatic nitrogens is 1. The molecule has 1 aliphatic rings. The van der Waals surface area contributed by atoms with Crippen molar-refractivity contribution in [2.24, 2.45) is 10.5 Å². The number of phenolic OH excluding ortho intramolecular Hbond substituents is 2. The van der Waals surface area contributed by atoms with Crippen molar-refractivity contribution in [1.82, 2.24) is 25.9 Å². The molecule has 1 saturated heterocycles. The van der Waals surface area contributed by atoms with Crippen LogP contribution in [0.2, 0.25) is 0 Å². The number of aryl methyl sites for hydroxylation is 1. The van der Waals surface area contributed by atoms with Gasteiger partial charge >= 0.3 is 0 Å². The zero-order chi connectivity index (χ0) is 54.8. The number of aromatic hydroxyl groups is 2. The van der Waals surface area contributed by atoms with Crippen LogP contribution in [-0.4, -0.2) is 119 Å². The number of hydrogen-bond acceptors (Lipinski definition) is 15. The van der Waals surface area contributed by atoms with Gasteiger partial charge in [-0.15, -0.1) is 22.7 Å². The van der Waals surface area contributed by atoms with Gasteiger partial charge in [-0.05, 0) is 120 Å². The molecule has 8 rings (SSSR count). The van der Waals surface area contributed by atoms with Crippen molar-refractivity contribution in [2.75, 3.05) is 39.6 Å². The molecule has 19 heteroatoms. The number of aliphatic hydroxyl groups is 1. The molecule has 4 unspecified atom stereocenters. The molecule has 3 heterocycles. The number of fused-ring (bicyclic) bond motifs is 1. The van der Waals surface area contributed by atoms with Gasteiger partial charge in [0.25, 0.3) is 5.91 Å². The fourth-order valence-corrected chi connectivity index (χ4v) is 10.8. The van der Waals surface area contributed by atoms with Gasteiger partial charge in [0.15, 0.2) is 5.78 Å². The van der Waals surface area contributed by atoms with Crippen molar-refractivity contribution in [3.05, 3.63) is 154 Å². The third-order valence-corrected chi connectivity index (χ3v) is 15.0. The quantitative estimate of drug-likeness (QED) is 0.0173. The number of hydrogen-bond donors (Lipinski definition) is 6. The highest BCUT2D eigenvalue weighted by Gasteiger charge is 2.44. The van der Waals surface area contributed by atoms with E-state index in [-0.39, 0.29) is 80.5 Å². The number of phenols is 2. The molecule has 7 aromatic rings. The molecule has 5 aromatic carbocycles. The number of nitrogens with zero attached hydrogens (tertiary/aromatic N) is 3. The lowest BCUT2D eigenvalue weighted by atomic mass is 9.85. The summed E-state index contributed by atoms with van der Waals surface area (Å²) in [5.41, 5.74) is 8.79. The van der Waals surface area contributed by atoms with Gasteiger partial charge in [-0.1, -0.05) is 57.2 Å². The number of aliphatic hydroxyl groups excluding tert-OH is 1. The smallest absolute Gasteiger partial charge is 0.271 e. The van der Waals surface area contributed by atoms with Crippen molar-refractivity contribution in [1.29, 1.82) is 0 Å². The number of benzene rings is 5. The maximum atomic E-state index is 14.1. The maximum absolute atomic E-state index is 14.1. The number of hydrazone groups is 1. The Balaban J connectivity index is 0.738. The summed E-state index contributed by atoms with van der Waals surface area (Å²) in [7, 11) is 0. The number of likely N-dealkylation sites (tertiary alicyclic amines) is 1. The molecule has 77 heavy (non-hydrogen) atoms. The van der Waals surface area contributed by atoms with E-state index in [2.05, 4.69) is 26.1 Å². The van der Waals surface area contributed by atoms with Gasteiger partial charge in [0.05, 0.1) is 54.3 Å². The SMILES string of the molecule is Cc1ncsc1-c1ccc(C(C)NC(=O)C2CC(O)CN2C(=O)C(NC(=O)COCCOCCOc2ccc(C=NNC(=O)c3cccc(C(=O)c4c(-c5ccc(O)cc5)sc5cc(O)ccc45)c3)cc2)C(C)(C)C)cc1. The molecular formula is C58H60N6O11S2. The van der Waals surface area contributed by atoms with E-state index in [0.29, 0.717) is 31.8 Å². The van der Waals surface area contributed by atoms with E-state index in [0.717, 1.165) is 27.3 Å². The summed E-state index contributed by atoms with van der Waals surface area (Å²) in [5.74, 6) is -1.47. The van der Waals surface area contributed by atoms with Gasteiger partial charge in [0.1, 0.15) is 42.5 Å². The van der Waals surface area contributed by atoms with Crippen molar-refractivity contribution in [3.8, 4) is 38.1 Å². The van der Waals surface area contributed by atoms with Gasteiger partial charge in [-0.25, -0.2) is 10.4 Å². The number of ketones is 1. The van der Waals surface area contributed by atoms with E-state index in [4.69, 9.17) is 14.2 Å². The van der Waals surface area contributed by atoms with Crippen LogP contribution >= 0.6 is 22.7 Å². The molecule has 0 saturated carbocycles. The molecule has 2 aromatic heterocycles. The van der Waals surface area contributed by atoms with Crippen molar-refractivity contribution >= 4 is 68.4 Å². The summed E-state index contributed by atoms with van der Waals surface area (Å²) in [6.45, 7) is 9.64. The Morgan fingerprint density at radius 2 is 1.49 bits per heavy atom. The van der Waals surface area contributed by atoms with Gasteiger partial charge < -0.3 is 45.1 Å². The number of β-amino-alcohol motifs (C(OH)–C–C–N with tert-alkyl or cyclic N) is 1. The van der Waals surface area contributed by atoms with Crippen LogP contribution in [0.1, 0.15) is 83.3 Å². The van der Waals surface area contributed by atoms with Gasteiger partial charge in [-0.2, -0.15) is 5.10 Å². The Bertz CT molecular complexity index is 3260. The number of amides is 4. The number of thiazole rings is 1. The van der Waals surface area contributed by atoms with Crippen LogP contribution in [0.4, 0.5) is 0 Å². The lowest BCUT2D eigenvalue weighted by molar-refractivity contribution is -0.144. The zero-order valence-corrected chi connectivity index (χ0v) is 44.8. The second-order valence-electron chi connectivity index (χ2n) is 19.6. The molecule has 6 N–H and O–H groups in total. The molecule has 0 aliphatic carbocycles. The van der Waals surface area contributed by atoms with Gasteiger partial charge in [-0.3, -0.25) is 24.0 Å². The lowest BCUT2D eigenvalue weighted by Crippen LogP contribution is -2.58. The highest BCUT2D eigenvalue weighted by Crippen LogP contribution is 2.42. The van der Waals surface area contributed by atoms with E-state index in [1.807, 2.05) is 58.9 Å². The molecule has 1 aliphatic heterocycles. The number of carbonyl (C=O) groups is 5. The minimum atomic E-state index is -1.00. The third-order valence-electron chi connectivity index (χ3n) is 12.8. The first-order chi connectivity index (χ1) is 36.9. The van der Waals surface area contributed by atoms with Crippen LogP contribution in [-0.2, 0) is 23.9 Å². The second kappa shape index (κ2) is 24.9. The zero-order valence-electron chi connectivity index (χ0n) is 43.1. The first-order valence-electron chi connectivity index (χ1n) is 24.9. The van der Waals surface area contributed by atoms with Crippen LogP contribution in [0, 0.1) is 12.3 Å². The summed E-state index contributed by atoms with van der Waals surface area (Å²) in [4.78, 5) is 75.5. The minimum absolute atomic E-state index is 0.0444. The van der Waals surface area contributed by atoms with Crippen LogP contribution in [0.15, 0.2) is 126 Å². The van der Waals surface area contributed by atoms with Crippen LogP contribution in [0.3, 0.4) is 0 Å². The predicted octanol–water partition coefficient (Wildman–Crippen LogP) is 8.19. The van der Waals surface area contributed by atoms with Gasteiger partial charge in [0.2, 0.25) is 17.7 Å². The molecule has 0 radical (unpaired) electrons. The highest BCUT2D eigenvalue weighted by molar-refractivity contribution is 7.22. The number of carbonyl (C=O) groups excluding carboxylic acids is 5. The fourth-order valence-electron chi connectivity index (χ4n) is 8.77. The first-order valence-corrected chi connectivity index (χ1v) is 26.6. The molecule has 4 atom stereocenters. The Labute approximate surface area is 453 Å². The molecule has 0 bridgehead atoms. The molecular weight excluding hydrogens is 1020 g/mol. The van der Waals surface area contributed by atoms with Crippen molar-refractivity contribution in [2.45, 2.75) is 65.3 Å². The highest BCUT2D eigenvalue weighted by atomic mass is 32.1. The average Bonchev–Trinajstić information content (AvgIpc) is 4.18. The van der Waals surface area contributed by atoms with Crippen LogP contribution < -0.4 is 20.8 Å². The number of nitrogens with one attached hydrogen (secondary N) is 3. The monoisotopic (exact) mass is 1080 g/mol. The van der Waals surface area contributed by atoms with Crippen LogP contribution in [0.5, 0.6) is 17.2 Å². The van der Waals surface area contributed by atoms with Crippen LogP contribution in [0.25, 0.3) is 31.0 Å². The summed E-state index contributed by atoms with van der Waals surface area (Å²) >= 11 is 2.91. The summed E-state index contributed by atoms with van der Waals surface area (Å²) in [5, 5.41) is 41.2. The molecule has 1 fully saturated rings. The number of rotatable bonds is 21. The van der Waals surface area contributed by atoms with Gasteiger partial charge in [0, 0.05) is 44.6 Å². The van der Waals surface area contributed by atoms with E-state index in [9.17, 15) is 39.3 Å². The maximum Gasteiger partial charge on any atom is 0.271 e. The van der Waals surface area contributed by atoms with Crippen molar-refractivity contribution < 1.29 is 53.5 Å². The van der Waals surface area contributed by atoms with Crippen molar-refractivity contribution in [3.63, 3.8) is 0 Å². The largest absolute Gasteiger partial charge is 0.508 e. The van der Waals surface area contributed by atoms with E-state index < -0.39 is 47.2 Å². The van der Waals surface area contributed by atoms with E-state index >= 15 is 0 Å². The molecule has 4 amide bonds. The van der Waals surface area contributed by atoms with E-state index in [1.54, 1.807) is 95.7 Å². The summed E-state index contributed by atoms with van der Waals surface area (Å²) < 4.78 is 17.7. The third kappa shape index (κ3) is 14.0. The van der Waals surface area contributed by atoms with E-state index in [1.165, 1.54) is 34.6 Å². The average molecular weight is 1080 g/mol. The summed E-state index contributed by atoms with van der Waals surface area (Å²) in [6, 6.07) is 30.3. The summed E-state index contributed by atoms with van der Waals surface area (Å²) in [6.07, 6.45) is 0.641. The normalized spacial score (nSPS) is 15.3. The molecule has 17 nitrogen and oxygen atoms in total. The molecule has 400 valence electrons. The second-order valence-corrected chi connectivity index (χ2v) is 21.5. The standard InChI is InChI=1S/C58H60N6O11S2/c1-34(37-11-13-38(14-12-37)52-35(2)59-33-76-52)61-56(71)47-28-44(67)31-64(47)57(72)54(58(3,4)5)62-49(68)32-74-24-23-73-25-26-75-45-20-9-36(10-21-45)30-60-63-55(70)41-8-6-7-40(27-41)51(69)50-46-22-19-43(66)29-48(46)77-53(50)39-15-17-42(65)18-16-39/h6-22,27,29-30,33-34,44,47,54,65-67H,23-26,28,31-32H2,1-5H3,(H,61,71)(H,62,68)(H,63,70). The first kappa shape index (κ1) is 55.4. The number of thiophene rings is 1. The Kier molecular flexibility index (Phi) is 17.9. The Morgan fingerprint density at radius 1 is 0.818 bits per heavy atom. The predicted molar refractivity (Wildman–Crippen MR) is 295 cm³/mol. The Morgan fingerprint density at radius 3 is 2.21 bits per heavy atom. The minimum Gasteiger partial charge on any atom is -0.508 e. The topological polar surface area (TPSA) is 238 Å².